The second-order valence-electron chi connectivity index (χ2n) is 2.55. The molecular formula is C7H6NO4PSe. The molecule has 0 saturated carbocycles. The Kier molecular flexibility index (Phi) is 2.47. The van der Waals surface area contributed by atoms with Crippen LogP contribution in [-0.2, 0) is 4.57 Å². The Labute approximate surface area is 85.3 Å². The van der Waals surface area contributed by atoms with Crippen LogP contribution in [0.4, 0.5) is 0 Å². The Morgan fingerprint density at radius 3 is 2.86 bits per heavy atom. The van der Waals surface area contributed by atoms with E-state index in [1.807, 2.05) is 4.94 Å². The molecule has 74 valence electrons. The van der Waals surface area contributed by atoms with Crippen molar-refractivity contribution in [3.8, 4) is 11.5 Å². The Morgan fingerprint density at radius 2 is 2.29 bits per heavy atom. The van der Waals surface area contributed by atoms with Crippen LogP contribution < -0.4 is 5.30 Å². The van der Waals surface area contributed by atoms with E-state index in [0.29, 0.717) is 5.69 Å². The number of aromatic nitrogens is 1. The quantitative estimate of drug-likeness (QED) is 0.605. The van der Waals surface area contributed by atoms with E-state index in [1.165, 1.54) is 12.3 Å². The molecule has 0 aliphatic carbocycles. The Bertz CT molecular complexity index is 472. The van der Waals surface area contributed by atoms with Crippen molar-refractivity contribution in [2.24, 2.45) is 0 Å². The first kappa shape index (κ1) is 9.90. The fourth-order valence-electron chi connectivity index (χ4n) is 1.05. The second kappa shape index (κ2) is 3.50. The molecule has 14 heavy (non-hydrogen) atoms. The van der Waals surface area contributed by atoms with Gasteiger partial charge in [-0.05, 0) is 0 Å². The van der Waals surface area contributed by atoms with Crippen LogP contribution in [0.2, 0.25) is 0 Å². The van der Waals surface area contributed by atoms with E-state index in [0.717, 1.165) is 0 Å². The molecule has 2 heterocycles. The minimum absolute atomic E-state index is 0.0985. The summed E-state index contributed by atoms with van der Waals surface area (Å²) in [5.41, 5.74) is 0.508. The Morgan fingerprint density at radius 1 is 1.50 bits per heavy atom. The minimum atomic E-state index is -4.26. The van der Waals surface area contributed by atoms with E-state index in [4.69, 9.17) is 14.2 Å². The molecule has 2 aromatic heterocycles. The maximum absolute atomic E-state index is 11.0. The molecule has 2 aromatic rings. The predicted octanol–water partition coefficient (Wildman–Crippen LogP) is 0.202. The van der Waals surface area contributed by atoms with Gasteiger partial charge in [-0.3, -0.25) is 0 Å². The van der Waals surface area contributed by atoms with Gasteiger partial charge in [-0.25, -0.2) is 0 Å². The summed E-state index contributed by atoms with van der Waals surface area (Å²) in [5, 5.41) is 1.62. The molecule has 0 fully saturated rings. The molecule has 2 rings (SSSR count). The average molecular weight is 278 g/mol. The normalized spacial score (nSPS) is 11.9. The molecule has 0 spiro atoms. The summed E-state index contributed by atoms with van der Waals surface area (Å²) in [6.07, 6.45) is 1.26. The summed E-state index contributed by atoms with van der Waals surface area (Å²) in [6, 6.07) is 1.28. The standard InChI is InChI=1S/C7H6NO4PSe/c9-13(10,11)6-1-2-12-7(6)5-3-14-4-8-5/h1-4H,(H2,9,10,11). The monoisotopic (exact) mass is 279 g/mol. The van der Waals surface area contributed by atoms with Crippen LogP contribution in [-0.4, -0.2) is 29.3 Å². The van der Waals surface area contributed by atoms with Crippen molar-refractivity contribution in [3.63, 3.8) is 0 Å². The molecule has 0 atom stereocenters. The molecule has 0 aliphatic heterocycles. The molecular weight excluding hydrogens is 272 g/mol. The van der Waals surface area contributed by atoms with Gasteiger partial charge in [-0.15, -0.1) is 0 Å². The number of hydrogen-bond donors (Lipinski definition) is 2. The predicted molar refractivity (Wildman–Crippen MR) is 50.6 cm³/mol. The van der Waals surface area contributed by atoms with Gasteiger partial charge in [-0.2, -0.15) is 0 Å². The first-order valence-corrected chi connectivity index (χ1v) is 7.20. The SMILES string of the molecule is O=P(O)(O)c1ccoc1-c1c[se]cn1. The molecule has 0 bridgehead atoms. The Hall–Kier alpha value is -0.641. The van der Waals surface area contributed by atoms with Crippen LogP contribution in [0.1, 0.15) is 0 Å². The fraction of sp³-hybridized carbons (Fsp3) is 0. The second-order valence-corrected chi connectivity index (χ2v) is 5.63. The van der Waals surface area contributed by atoms with E-state index in [9.17, 15) is 4.57 Å². The molecule has 2 N–H and O–H groups in total. The van der Waals surface area contributed by atoms with Crippen molar-refractivity contribution < 1.29 is 18.8 Å². The van der Waals surface area contributed by atoms with Gasteiger partial charge in [0.25, 0.3) is 0 Å². The van der Waals surface area contributed by atoms with Gasteiger partial charge in [0.15, 0.2) is 0 Å². The number of hydrogen-bond acceptors (Lipinski definition) is 3. The van der Waals surface area contributed by atoms with E-state index in [1.54, 1.807) is 5.07 Å². The topological polar surface area (TPSA) is 83.6 Å². The van der Waals surface area contributed by atoms with Crippen molar-refractivity contribution in [2.75, 3.05) is 0 Å². The molecule has 0 saturated heterocycles. The molecule has 0 unspecified atom stereocenters. The molecule has 5 nitrogen and oxygen atoms in total. The summed E-state index contributed by atoms with van der Waals surface area (Å²) in [4.78, 5) is 23.8. The van der Waals surface area contributed by atoms with E-state index >= 15 is 0 Å². The molecule has 7 heteroatoms. The van der Waals surface area contributed by atoms with Crippen LogP contribution in [0.3, 0.4) is 0 Å². The summed E-state index contributed by atoms with van der Waals surface area (Å²) in [6.45, 7) is 0. The van der Waals surface area contributed by atoms with E-state index in [-0.39, 0.29) is 25.6 Å². The molecule has 0 amide bonds. The van der Waals surface area contributed by atoms with Crippen molar-refractivity contribution >= 4 is 27.4 Å². The summed E-state index contributed by atoms with van der Waals surface area (Å²) in [5.74, 6) is 0.175. The third kappa shape index (κ3) is 1.75. The average Bonchev–Trinajstić information content (AvgIpc) is 2.73. The van der Waals surface area contributed by atoms with Crippen molar-refractivity contribution in [1.82, 2.24) is 4.98 Å². The van der Waals surface area contributed by atoms with Gasteiger partial charge >= 0.3 is 85.0 Å². The van der Waals surface area contributed by atoms with Gasteiger partial charge in [0.05, 0.1) is 0 Å². The van der Waals surface area contributed by atoms with Crippen LogP contribution in [0.15, 0.2) is 26.8 Å². The number of rotatable bonds is 2. The molecule has 0 radical (unpaired) electrons. The van der Waals surface area contributed by atoms with Crippen LogP contribution in [0.5, 0.6) is 0 Å². The van der Waals surface area contributed by atoms with Gasteiger partial charge < -0.3 is 0 Å². The first-order chi connectivity index (χ1) is 6.59. The zero-order valence-electron chi connectivity index (χ0n) is 6.82. The van der Waals surface area contributed by atoms with Crippen LogP contribution >= 0.6 is 7.60 Å². The van der Waals surface area contributed by atoms with Crippen LogP contribution in [0.25, 0.3) is 11.5 Å². The molecule has 0 aliphatic rings. The van der Waals surface area contributed by atoms with Gasteiger partial charge in [-0.1, -0.05) is 0 Å². The fourth-order valence-corrected chi connectivity index (χ4v) is 2.85. The van der Waals surface area contributed by atoms with E-state index in [2.05, 4.69) is 4.98 Å². The van der Waals surface area contributed by atoms with E-state index < -0.39 is 7.60 Å². The maximum atomic E-state index is 11.0. The van der Waals surface area contributed by atoms with Gasteiger partial charge in [0.1, 0.15) is 0 Å². The third-order valence-corrected chi connectivity index (χ3v) is 3.83. The van der Waals surface area contributed by atoms with Crippen LogP contribution in [0, 0.1) is 0 Å². The summed E-state index contributed by atoms with van der Waals surface area (Å²) < 4.78 is 16.0. The Balaban J connectivity index is 2.56. The van der Waals surface area contributed by atoms with Crippen molar-refractivity contribution in [3.05, 3.63) is 22.3 Å². The van der Waals surface area contributed by atoms with Gasteiger partial charge in [0, 0.05) is 0 Å². The van der Waals surface area contributed by atoms with Crippen molar-refractivity contribution in [2.45, 2.75) is 0 Å². The van der Waals surface area contributed by atoms with Crippen molar-refractivity contribution in [1.29, 1.82) is 0 Å². The number of nitrogens with zero attached hydrogens (tertiary/aromatic N) is 1. The zero-order chi connectivity index (χ0) is 10.2. The zero-order valence-corrected chi connectivity index (χ0v) is 9.43. The summed E-state index contributed by atoms with van der Waals surface area (Å²) >= 11 is 0.161. The number of furan rings is 1. The first-order valence-electron chi connectivity index (χ1n) is 3.61. The van der Waals surface area contributed by atoms with Gasteiger partial charge in [0.2, 0.25) is 0 Å². The molecule has 0 aromatic carbocycles. The third-order valence-electron chi connectivity index (χ3n) is 1.62. The summed E-state index contributed by atoms with van der Waals surface area (Å²) in [7, 11) is -4.26.